The predicted molar refractivity (Wildman–Crippen MR) is 53.2 cm³/mol. The van der Waals surface area contributed by atoms with Gasteiger partial charge in [-0.3, -0.25) is 0 Å². The highest BCUT2D eigenvalue weighted by Crippen LogP contribution is 2.14. The number of alkyl halides is 1. The van der Waals surface area contributed by atoms with Crippen LogP contribution in [0.2, 0.25) is 0 Å². The molecule has 1 unspecified atom stereocenters. The molecule has 0 radical (unpaired) electrons. The fourth-order valence-electron chi connectivity index (χ4n) is 1.19. The smallest absolute Gasteiger partial charge is 0.123 e. The summed E-state index contributed by atoms with van der Waals surface area (Å²) in [6, 6.07) is 4.94. The van der Waals surface area contributed by atoms with Crippen molar-refractivity contribution in [2.24, 2.45) is 0 Å². The van der Waals surface area contributed by atoms with Crippen LogP contribution in [-0.2, 0) is 6.42 Å². The second kappa shape index (κ2) is 4.04. The molecular formula is C10H12BrF. The normalized spacial score (nSPS) is 13.0. The third kappa shape index (κ3) is 2.59. The molecule has 0 saturated heterocycles. The van der Waals surface area contributed by atoms with Crippen molar-refractivity contribution < 1.29 is 4.39 Å². The quantitative estimate of drug-likeness (QED) is 0.683. The molecule has 1 rings (SSSR count). The highest BCUT2D eigenvalue weighted by Gasteiger charge is 2.02. The van der Waals surface area contributed by atoms with Crippen molar-refractivity contribution in [3.8, 4) is 0 Å². The summed E-state index contributed by atoms with van der Waals surface area (Å²) < 4.78 is 12.7. The minimum atomic E-state index is -0.154. The van der Waals surface area contributed by atoms with Crippen LogP contribution in [0, 0.1) is 12.7 Å². The van der Waals surface area contributed by atoms with E-state index in [9.17, 15) is 4.39 Å². The van der Waals surface area contributed by atoms with E-state index in [2.05, 4.69) is 22.9 Å². The first kappa shape index (κ1) is 9.72. The minimum Gasteiger partial charge on any atom is -0.207 e. The Labute approximate surface area is 80.9 Å². The van der Waals surface area contributed by atoms with Gasteiger partial charge in [0.05, 0.1) is 0 Å². The number of benzene rings is 1. The third-order valence-corrected chi connectivity index (χ3v) is 2.13. The summed E-state index contributed by atoms with van der Waals surface area (Å²) in [6.07, 6.45) is 0.951. The molecule has 0 aliphatic heterocycles. The number of halogens is 2. The molecule has 0 heterocycles. The molecule has 0 bridgehead atoms. The molecule has 0 spiro atoms. The highest BCUT2D eigenvalue weighted by molar-refractivity contribution is 9.09. The van der Waals surface area contributed by atoms with E-state index in [1.165, 1.54) is 11.6 Å². The monoisotopic (exact) mass is 230 g/mol. The first-order valence-corrected chi connectivity index (χ1v) is 4.90. The van der Waals surface area contributed by atoms with Crippen molar-refractivity contribution in [1.29, 1.82) is 0 Å². The van der Waals surface area contributed by atoms with Crippen LogP contribution in [0.1, 0.15) is 18.1 Å². The maximum atomic E-state index is 12.7. The lowest BCUT2D eigenvalue weighted by molar-refractivity contribution is 0.625. The fraction of sp³-hybridized carbons (Fsp3) is 0.400. The molecule has 0 aromatic heterocycles. The molecule has 0 fully saturated rings. The second-order valence-corrected chi connectivity index (χ2v) is 4.62. The number of hydrogen-bond acceptors (Lipinski definition) is 0. The number of hydrogen-bond donors (Lipinski definition) is 0. The largest absolute Gasteiger partial charge is 0.207 e. The Balaban J connectivity index is 2.86. The van der Waals surface area contributed by atoms with Gasteiger partial charge in [-0.1, -0.05) is 28.9 Å². The van der Waals surface area contributed by atoms with E-state index in [-0.39, 0.29) is 5.82 Å². The summed E-state index contributed by atoms with van der Waals surface area (Å²) in [5.41, 5.74) is 2.24. The molecule has 1 atom stereocenters. The van der Waals surface area contributed by atoms with Crippen molar-refractivity contribution >= 4 is 15.9 Å². The van der Waals surface area contributed by atoms with Crippen LogP contribution in [0.3, 0.4) is 0 Å². The molecule has 0 nitrogen and oxygen atoms in total. The van der Waals surface area contributed by atoms with Gasteiger partial charge in [-0.25, -0.2) is 4.39 Å². The average Bonchev–Trinajstić information content (AvgIpc) is 1.94. The van der Waals surface area contributed by atoms with Gasteiger partial charge in [-0.15, -0.1) is 0 Å². The van der Waals surface area contributed by atoms with Crippen molar-refractivity contribution in [3.05, 3.63) is 35.1 Å². The fourth-order valence-corrected chi connectivity index (χ4v) is 1.54. The Morgan fingerprint density at radius 1 is 1.50 bits per heavy atom. The van der Waals surface area contributed by atoms with Crippen LogP contribution < -0.4 is 0 Å². The van der Waals surface area contributed by atoms with Crippen LogP contribution in [0.25, 0.3) is 0 Å². The zero-order valence-corrected chi connectivity index (χ0v) is 8.86. The minimum absolute atomic E-state index is 0.154. The Bertz CT molecular complexity index is 269. The van der Waals surface area contributed by atoms with Gasteiger partial charge < -0.3 is 0 Å². The lowest BCUT2D eigenvalue weighted by Crippen LogP contribution is -1.98. The highest BCUT2D eigenvalue weighted by atomic mass is 79.9. The van der Waals surface area contributed by atoms with E-state index in [4.69, 9.17) is 0 Å². The van der Waals surface area contributed by atoms with Gasteiger partial charge in [0.15, 0.2) is 0 Å². The summed E-state index contributed by atoms with van der Waals surface area (Å²) in [6.45, 7) is 4.02. The predicted octanol–water partition coefficient (Wildman–Crippen LogP) is 3.46. The van der Waals surface area contributed by atoms with Gasteiger partial charge in [0.25, 0.3) is 0 Å². The molecule has 1 aromatic rings. The first-order valence-electron chi connectivity index (χ1n) is 3.98. The second-order valence-electron chi connectivity index (χ2n) is 3.06. The van der Waals surface area contributed by atoms with Crippen molar-refractivity contribution in [2.45, 2.75) is 25.1 Å². The molecule has 0 aliphatic carbocycles. The molecule has 0 aliphatic rings. The zero-order valence-electron chi connectivity index (χ0n) is 7.27. The van der Waals surface area contributed by atoms with E-state index < -0.39 is 0 Å². The average molecular weight is 231 g/mol. The molecule has 2 heteroatoms. The summed E-state index contributed by atoms with van der Waals surface area (Å²) >= 11 is 3.47. The lowest BCUT2D eigenvalue weighted by atomic mass is 10.0. The molecule has 12 heavy (non-hydrogen) atoms. The Hall–Kier alpha value is -0.370. The third-order valence-electron chi connectivity index (χ3n) is 1.81. The van der Waals surface area contributed by atoms with Crippen LogP contribution in [0.4, 0.5) is 4.39 Å². The summed E-state index contributed by atoms with van der Waals surface area (Å²) in [4.78, 5) is 0.446. The molecule has 66 valence electrons. The standard InChI is InChI=1S/C10H12BrF/c1-7-5-10(12)4-3-9(7)6-8(2)11/h3-5,8H,6H2,1-2H3. The van der Waals surface area contributed by atoms with Gasteiger partial charge in [0.2, 0.25) is 0 Å². The molecule has 0 amide bonds. The Morgan fingerprint density at radius 3 is 2.67 bits per heavy atom. The van der Waals surface area contributed by atoms with Crippen molar-refractivity contribution in [2.75, 3.05) is 0 Å². The summed E-state index contributed by atoms with van der Waals surface area (Å²) in [7, 11) is 0. The summed E-state index contributed by atoms with van der Waals surface area (Å²) in [5, 5.41) is 0. The van der Waals surface area contributed by atoms with Gasteiger partial charge in [-0.2, -0.15) is 0 Å². The molecule has 1 aromatic carbocycles. The van der Waals surface area contributed by atoms with Gasteiger partial charge >= 0.3 is 0 Å². The topological polar surface area (TPSA) is 0 Å². The lowest BCUT2D eigenvalue weighted by Gasteiger charge is -2.06. The number of aryl methyl sites for hydroxylation is 1. The van der Waals surface area contributed by atoms with E-state index in [1.807, 2.05) is 13.0 Å². The van der Waals surface area contributed by atoms with Gasteiger partial charge in [0, 0.05) is 4.83 Å². The van der Waals surface area contributed by atoms with Crippen molar-refractivity contribution in [1.82, 2.24) is 0 Å². The molecule has 0 N–H and O–H groups in total. The van der Waals surface area contributed by atoms with Crippen LogP contribution in [0.15, 0.2) is 18.2 Å². The first-order chi connectivity index (χ1) is 5.59. The maximum absolute atomic E-state index is 12.7. The van der Waals surface area contributed by atoms with Crippen molar-refractivity contribution in [3.63, 3.8) is 0 Å². The Morgan fingerprint density at radius 2 is 2.17 bits per heavy atom. The van der Waals surface area contributed by atoms with Gasteiger partial charge in [0.1, 0.15) is 5.82 Å². The summed E-state index contributed by atoms with van der Waals surface area (Å²) in [5.74, 6) is -0.154. The SMILES string of the molecule is Cc1cc(F)ccc1CC(C)Br. The van der Waals surface area contributed by atoms with Crippen LogP contribution in [0.5, 0.6) is 0 Å². The van der Waals surface area contributed by atoms with Gasteiger partial charge in [-0.05, 0) is 36.6 Å². The van der Waals surface area contributed by atoms with E-state index in [1.54, 1.807) is 6.07 Å². The van der Waals surface area contributed by atoms with E-state index in [0.717, 1.165) is 12.0 Å². The number of rotatable bonds is 2. The molecular weight excluding hydrogens is 219 g/mol. The van der Waals surface area contributed by atoms with E-state index in [0.29, 0.717) is 4.83 Å². The molecule has 0 saturated carbocycles. The van der Waals surface area contributed by atoms with E-state index >= 15 is 0 Å². The van der Waals surface area contributed by atoms with Crippen LogP contribution >= 0.6 is 15.9 Å². The zero-order chi connectivity index (χ0) is 9.14. The Kier molecular flexibility index (Phi) is 3.27. The van der Waals surface area contributed by atoms with Crippen LogP contribution in [-0.4, -0.2) is 4.83 Å². The maximum Gasteiger partial charge on any atom is 0.123 e.